The van der Waals surface area contributed by atoms with Crippen LogP contribution in [0.1, 0.15) is 25.7 Å². The summed E-state index contributed by atoms with van der Waals surface area (Å²) in [7, 11) is 0. The van der Waals surface area contributed by atoms with Gasteiger partial charge in [-0.1, -0.05) is 0 Å². The number of halogens is 3. The molecule has 0 unspecified atom stereocenters. The van der Waals surface area contributed by atoms with E-state index in [1.165, 1.54) is 6.07 Å². The molecular weight excluding hydrogens is 321 g/mol. The van der Waals surface area contributed by atoms with Gasteiger partial charge in [-0.15, -0.1) is 21.8 Å². The molecule has 2 aromatic rings. The molecule has 0 bridgehead atoms. The Kier molecular flexibility index (Phi) is 4.02. The first-order valence-electron chi connectivity index (χ1n) is 5.49. The van der Waals surface area contributed by atoms with Gasteiger partial charge in [0.25, 0.3) is 0 Å². The molecule has 0 N–H and O–H groups in total. The van der Waals surface area contributed by atoms with Crippen molar-refractivity contribution in [2.24, 2.45) is 0 Å². The molecule has 6 heteroatoms. The molecule has 0 atom stereocenters. The molecule has 1 aromatic carbocycles. The van der Waals surface area contributed by atoms with Gasteiger partial charge < -0.3 is 4.57 Å². The SMILES string of the molecule is CC(C)n1c(CCl)nnc1-c1ccc(Br)c(F)c1. The fraction of sp³-hybridized carbons (Fsp3) is 0.333. The predicted molar refractivity (Wildman–Crippen MR) is 73.1 cm³/mol. The molecule has 2 rings (SSSR count). The Morgan fingerprint density at radius 1 is 1.39 bits per heavy atom. The average molecular weight is 333 g/mol. The van der Waals surface area contributed by atoms with Crippen LogP contribution in [0.3, 0.4) is 0 Å². The summed E-state index contributed by atoms with van der Waals surface area (Å²) in [6, 6.07) is 5.05. The summed E-state index contributed by atoms with van der Waals surface area (Å²) in [4.78, 5) is 0. The van der Waals surface area contributed by atoms with E-state index in [4.69, 9.17) is 11.6 Å². The van der Waals surface area contributed by atoms with Crippen molar-refractivity contribution in [3.05, 3.63) is 34.3 Å². The molecule has 0 saturated carbocycles. The van der Waals surface area contributed by atoms with Crippen LogP contribution in [0.15, 0.2) is 22.7 Å². The van der Waals surface area contributed by atoms with E-state index in [9.17, 15) is 4.39 Å². The molecule has 0 spiro atoms. The van der Waals surface area contributed by atoms with E-state index in [0.29, 0.717) is 21.7 Å². The molecule has 0 radical (unpaired) electrons. The number of hydrogen-bond acceptors (Lipinski definition) is 2. The quantitative estimate of drug-likeness (QED) is 0.790. The molecule has 0 aliphatic carbocycles. The van der Waals surface area contributed by atoms with Crippen LogP contribution in [0, 0.1) is 5.82 Å². The lowest BCUT2D eigenvalue weighted by atomic mass is 10.2. The van der Waals surface area contributed by atoms with E-state index >= 15 is 0 Å². The highest BCUT2D eigenvalue weighted by atomic mass is 79.9. The van der Waals surface area contributed by atoms with E-state index in [1.54, 1.807) is 12.1 Å². The lowest BCUT2D eigenvalue weighted by molar-refractivity contribution is 0.583. The summed E-state index contributed by atoms with van der Waals surface area (Å²) < 4.78 is 15.9. The molecule has 18 heavy (non-hydrogen) atoms. The van der Waals surface area contributed by atoms with Gasteiger partial charge in [0.05, 0.1) is 10.4 Å². The van der Waals surface area contributed by atoms with Crippen molar-refractivity contribution in [3.63, 3.8) is 0 Å². The number of rotatable bonds is 3. The van der Waals surface area contributed by atoms with Crippen LogP contribution < -0.4 is 0 Å². The van der Waals surface area contributed by atoms with Gasteiger partial charge in [0.15, 0.2) is 5.82 Å². The lowest BCUT2D eigenvalue weighted by Crippen LogP contribution is -2.07. The molecular formula is C12H12BrClFN3. The first-order valence-corrected chi connectivity index (χ1v) is 6.82. The average Bonchev–Trinajstić information content (AvgIpc) is 2.76. The van der Waals surface area contributed by atoms with Crippen LogP contribution in [-0.4, -0.2) is 14.8 Å². The number of hydrogen-bond donors (Lipinski definition) is 0. The zero-order valence-corrected chi connectivity index (χ0v) is 12.3. The Balaban J connectivity index is 2.56. The summed E-state index contributed by atoms with van der Waals surface area (Å²) in [6.45, 7) is 4.02. The second-order valence-electron chi connectivity index (χ2n) is 4.17. The summed E-state index contributed by atoms with van der Waals surface area (Å²) in [5.74, 6) is 1.28. The minimum Gasteiger partial charge on any atom is -0.307 e. The molecule has 0 aliphatic rings. The minimum absolute atomic E-state index is 0.162. The van der Waals surface area contributed by atoms with Crippen LogP contribution in [-0.2, 0) is 5.88 Å². The summed E-state index contributed by atoms with van der Waals surface area (Å²) in [5.41, 5.74) is 0.688. The van der Waals surface area contributed by atoms with Crippen molar-refractivity contribution in [1.82, 2.24) is 14.8 Å². The number of nitrogens with zero attached hydrogens (tertiary/aromatic N) is 3. The first kappa shape index (κ1) is 13.5. The normalized spacial score (nSPS) is 11.2. The van der Waals surface area contributed by atoms with Gasteiger partial charge in [-0.05, 0) is 48.0 Å². The fourth-order valence-electron chi connectivity index (χ4n) is 1.79. The van der Waals surface area contributed by atoms with Crippen LogP contribution in [0.2, 0.25) is 0 Å². The van der Waals surface area contributed by atoms with E-state index in [1.807, 2.05) is 18.4 Å². The largest absolute Gasteiger partial charge is 0.307 e. The van der Waals surface area contributed by atoms with Crippen molar-refractivity contribution in [2.45, 2.75) is 25.8 Å². The maximum Gasteiger partial charge on any atom is 0.164 e. The summed E-state index contributed by atoms with van der Waals surface area (Å²) in [6.07, 6.45) is 0. The summed E-state index contributed by atoms with van der Waals surface area (Å²) in [5, 5.41) is 8.13. The van der Waals surface area contributed by atoms with Gasteiger partial charge in [0.2, 0.25) is 0 Å². The van der Waals surface area contributed by atoms with Crippen LogP contribution in [0.4, 0.5) is 4.39 Å². The van der Waals surface area contributed by atoms with Crippen molar-refractivity contribution in [2.75, 3.05) is 0 Å². The third-order valence-corrected chi connectivity index (χ3v) is 3.46. The Hall–Kier alpha value is -0.940. The molecule has 3 nitrogen and oxygen atoms in total. The molecule has 96 valence electrons. The molecule has 0 aliphatic heterocycles. The highest BCUT2D eigenvalue weighted by molar-refractivity contribution is 9.10. The number of aromatic nitrogens is 3. The monoisotopic (exact) mass is 331 g/mol. The highest BCUT2D eigenvalue weighted by Gasteiger charge is 2.16. The second-order valence-corrected chi connectivity index (χ2v) is 5.29. The smallest absolute Gasteiger partial charge is 0.164 e. The Bertz CT molecular complexity index is 568. The number of alkyl halides is 1. The van der Waals surface area contributed by atoms with Gasteiger partial charge in [0.1, 0.15) is 11.6 Å². The Labute approximate surface area is 118 Å². The molecule has 0 fully saturated rings. The Morgan fingerprint density at radius 3 is 2.67 bits per heavy atom. The first-order chi connectivity index (χ1) is 8.54. The van der Waals surface area contributed by atoms with Gasteiger partial charge >= 0.3 is 0 Å². The highest BCUT2D eigenvalue weighted by Crippen LogP contribution is 2.26. The lowest BCUT2D eigenvalue weighted by Gasteiger charge is -2.13. The van der Waals surface area contributed by atoms with E-state index in [0.717, 1.165) is 0 Å². The maximum absolute atomic E-state index is 13.6. The van der Waals surface area contributed by atoms with Gasteiger partial charge in [-0.3, -0.25) is 0 Å². The predicted octanol–water partition coefficient (Wildman–Crippen LogP) is 4.17. The van der Waals surface area contributed by atoms with Gasteiger partial charge in [0, 0.05) is 11.6 Å². The standard InChI is InChI=1S/C12H12BrClFN3/c1-7(2)18-11(6-14)16-17-12(18)8-3-4-9(13)10(15)5-8/h3-5,7H,6H2,1-2H3. The van der Waals surface area contributed by atoms with Crippen LogP contribution in [0.5, 0.6) is 0 Å². The van der Waals surface area contributed by atoms with E-state index in [-0.39, 0.29) is 17.7 Å². The molecule has 1 heterocycles. The van der Waals surface area contributed by atoms with Gasteiger partial charge in [-0.25, -0.2) is 4.39 Å². The third kappa shape index (κ3) is 2.42. The summed E-state index contributed by atoms with van der Waals surface area (Å²) >= 11 is 8.96. The molecule has 1 aromatic heterocycles. The number of benzene rings is 1. The minimum atomic E-state index is -0.321. The molecule has 0 saturated heterocycles. The van der Waals surface area contributed by atoms with Gasteiger partial charge in [-0.2, -0.15) is 0 Å². The molecule has 0 amide bonds. The zero-order valence-electron chi connectivity index (χ0n) is 9.99. The van der Waals surface area contributed by atoms with Crippen molar-refractivity contribution in [3.8, 4) is 11.4 Å². The second kappa shape index (κ2) is 5.36. The van der Waals surface area contributed by atoms with Crippen LogP contribution >= 0.6 is 27.5 Å². The van der Waals surface area contributed by atoms with Crippen molar-refractivity contribution in [1.29, 1.82) is 0 Å². The Morgan fingerprint density at radius 2 is 2.11 bits per heavy atom. The van der Waals surface area contributed by atoms with Crippen LogP contribution in [0.25, 0.3) is 11.4 Å². The maximum atomic E-state index is 13.6. The van der Waals surface area contributed by atoms with Crippen molar-refractivity contribution < 1.29 is 4.39 Å². The third-order valence-electron chi connectivity index (χ3n) is 2.58. The fourth-order valence-corrected chi connectivity index (χ4v) is 2.22. The topological polar surface area (TPSA) is 30.7 Å². The van der Waals surface area contributed by atoms with E-state index < -0.39 is 0 Å². The van der Waals surface area contributed by atoms with E-state index in [2.05, 4.69) is 26.1 Å². The zero-order chi connectivity index (χ0) is 13.3. The van der Waals surface area contributed by atoms with Crippen molar-refractivity contribution >= 4 is 27.5 Å².